The van der Waals surface area contributed by atoms with Crippen molar-refractivity contribution in [1.29, 1.82) is 0 Å². The Morgan fingerprint density at radius 3 is 2.69 bits per heavy atom. The highest BCUT2D eigenvalue weighted by molar-refractivity contribution is 6.31. The first-order valence-corrected chi connectivity index (χ1v) is 9.73. The van der Waals surface area contributed by atoms with E-state index in [-0.39, 0.29) is 11.6 Å². The molecule has 1 unspecified atom stereocenters. The third-order valence-electron chi connectivity index (χ3n) is 5.93. The summed E-state index contributed by atoms with van der Waals surface area (Å²) in [5.41, 5.74) is 3.36. The normalized spacial score (nSPS) is 21.8. The Labute approximate surface area is 158 Å². The van der Waals surface area contributed by atoms with Crippen LogP contribution in [0, 0.1) is 12.8 Å². The number of halogens is 1. The third-order valence-corrected chi connectivity index (χ3v) is 6.16. The highest BCUT2D eigenvalue weighted by Gasteiger charge is 2.28. The molecular weight excluding hydrogens is 346 g/mol. The average molecular weight is 370 g/mol. The van der Waals surface area contributed by atoms with E-state index >= 15 is 0 Å². The van der Waals surface area contributed by atoms with E-state index in [4.69, 9.17) is 11.6 Å². The molecule has 4 rings (SSSR count). The molecule has 0 aliphatic heterocycles. The van der Waals surface area contributed by atoms with Gasteiger partial charge in [-0.05, 0) is 87.3 Å². The number of aromatic nitrogens is 3. The topological polar surface area (TPSA) is 50.7 Å². The average Bonchev–Trinajstić information content (AvgIpc) is 2.97. The lowest BCUT2D eigenvalue weighted by molar-refractivity contribution is 0.232. The number of hydrogen-bond acceptors (Lipinski definition) is 2. The molecule has 26 heavy (non-hydrogen) atoms. The van der Waals surface area contributed by atoms with Crippen LogP contribution >= 0.6 is 11.6 Å². The summed E-state index contributed by atoms with van der Waals surface area (Å²) < 4.78 is 1.79. The quantitative estimate of drug-likeness (QED) is 0.687. The molecule has 0 amide bonds. The van der Waals surface area contributed by atoms with E-state index in [2.05, 4.69) is 29.1 Å². The number of hydrogen-bond donors (Lipinski definition) is 1. The maximum Gasteiger partial charge on any atom is 0.274 e. The molecule has 1 aliphatic carbocycles. The smallest absolute Gasteiger partial charge is 0.274 e. The van der Waals surface area contributed by atoms with Gasteiger partial charge in [0.1, 0.15) is 0 Å². The Hall–Kier alpha value is -2.07. The van der Waals surface area contributed by atoms with Gasteiger partial charge in [0.2, 0.25) is 0 Å². The number of rotatable bonds is 3. The molecule has 1 aromatic carbocycles. The fraction of sp³-hybridized carbons (Fsp3) is 0.429. The predicted molar refractivity (Wildman–Crippen MR) is 106 cm³/mol. The minimum atomic E-state index is 0.0519. The second-order valence-corrected chi connectivity index (χ2v) is 8.00. The van der Waals surface area contributed by atoms with E-state index < -0.39 is 0 Å². The van der Waals surface area contributed by atoms with Crippen molar-refractivity contribution in [2.75, 3.05) is 0 Å². The van der Waals surface area contributed by atoms with Gasteiger partial charge in [0.15, 0.2) is 0 Å². The van der Waals surface area contributed by atoms with Crippen LogP contribution in [0.15, 0.2) is 41.3 Å². The van der Waals surface area contributed by atoms with Crippen LogP contribution in [0.2, 0.25) is 5.02 Å². The zero-order valence-electron chi connectivity index (χ0n) is 15.2. The van der Waals surface area contributed by atoms with Gasteiger partial charge in [-0.15, -0.1) is 0 Å². The third kappa shape index (κ3) is 3.18. The van der Waals surface area contributed by atoms with Crippen LogP contribution in [-0.4, -0.2) is 14.8 Å². The number of aromatic amines is 1. The summed E-state index contributed by atoms with van der Waals surface area (Å²) in [6.45, 7) is 4.20. The number of benzene rings is 1. The monoisotopic (exact) mass is 369 g/mol. The van der Waals surface area contributed by atoms with Gasteiger partial charge in [0, 0.05) is 16.9 Å². The molecule has 0 bridgehead atoms. The van der Waals surface area contributed by atoms with E-state index in [0.717, 1.165) is 24.1 Å². The fourth-order valence-electron chi connectivity index (χ4n) is 4.36. The van der Waals surface area contributed by atoms with Crippen LogP contribution in [0.3, 0.4) is 0 Å². The van der Waals surface area contributed by atoms with Crippen molar-refractivity contribution in [2.45, 2.75) is 51.5 Å². The minimum absolute atomic E-state index is 0.0519. The van der Waals surface area contributed by atoms with Crippen LogP contribution < -0.4 is 5.56 Å². The molecule has 5 heteroatoms. The van der Waals surface area contributed by atoms with Gasteiger partial charge in [-0.3, -0.25) is 14.9 Å². The first-order valence-electron chi connectivity index (χ1n) is 9.35. The van der Waals surface area contributed by atoms with Crippen LogP contribution in [0.1, 0.15) is 55.8 Å². The van der Waals surface area contributed by atoms with Crippen LogP contribution in [-0.2, 0) is 0 Å². The molecule has 0 spiro atoms. The van der Waals surface area contributed by atoms with E-state index in [0.29, 0.717) is 22.2 Å². The largest absolute Gasteiger partial charge is 0.295 e. The van der Waals surface area contributed by atoms with Crippen LogP contribution in [0.25, 0.3) is 10.9 Å². The maximum absolute atomic E-state index is 12.7. The predicted octanol–water partition coefficient (Wildman–Crippen LogP) is 5.22. The van der Waals surface area contributed by atoms with Crippen molar-refractivity contribution in [3.05, 3.63) is 63.2 Å². The van der Waals surface area contributed by atoms with Crippen molar-refractivity contribution < 1.29 is 0 Å². The molecule has 1 aliphatic rings. The first-order chi connectivity index (χ1) is 12.5. The van der Waals surface area contributed by atoms with E-state index in [1.165, 1.54) is 18.4 Å². The molecule has 136 valence electrons. The molecule has 0 radical (unpaired) electrons. The van der Waals surface area contributed by atoms with Gasteiger partial charge in [0.05, 0.1) is 16.9 Å². The Kier molecular flexibility index (Phi) is 4.62. The lowest BCUT2D eigenvalue weighted by Crippen LogP contribution is -2.28. The Morgan fingerprint density at radius 1 is 1.19 bits per heavy atom. The Bertz CT molecular complexity index is 982. The molecule has 1 atom stereocenters. The molecule has 2 aromatic heterocycles. The van der Waals surface area contributed by atoms with Gasteiger partial charge in [-0.2, -0.15) is 0 Å². The van der Waals surface area contributed by atoms with Gasteiger partial charge >= 0.3 is 0 Å². The van der Waals surface area contributed by atoms with Crippen LogP contribution in [0.4, 0.5) is 0 Å². The molecule has 4 nitrogen and oxygen atoms in total. The fourth-order valence-corrected chi connectivity index (χ4v) is 4.53. The van der Waals surface area contributed by atoms with E-state index in [9.17, 15) is 4.79 Å². The lowest BCUT2D eigenvalue weighted by Gasteiger charge is -2.32. The van der Waals surface area contributed by atoms with E-state index in [1.54, 1.807) is 10.7 Å². The van der Waals surface area contributed by atoms with Crippen molar-refractivity contribution in [3.8, 4) is 0 Å². The van der Waals surface area contributed by atoms with Crippen molar-refractivity contribution >= 4 is 22.5 Å². The highest BCUT2D eigenvalue weighted by Crippen LogP contribution is 2.39. The number of nitrogens with one attached hydrogen (secondary N) is 1. The molecule has 1 fully saturated rings. The molecule has 1 N–H and O–H groups in total. The summed E-state index contributed by atoms with van der Waals surface area (Å²) in [5, 5.41) is 4.62. The Morgan fingerprint density at radius 2 is 1.96 bits per heavy atom. The lowest BCUT2D eigenvalue weighted by atomic mass is 9.76. The zero-order valence-corrected chi connectivity index (χ0v) is 16.0. The number of nitrogens with zero attached hydrogens (tertiary/aromatic N) is 2. The standard InChI is InChI=1S/C21H24ClN3O/c1-13-11-17(9-10-23-13)16-5-3-15(4-6-16)14(2)25-21(26)19-8-7-18(22)12-20(19)24-25/h7-12,14-16,24H,3-6H2,1-2H3. The summed E-state index contributed by atoms with van der Waals surface area (Å²) in [6.07, 6.45) is 6.51. The summed E-state index contributed by atoms with van der Waals surface area (Å²) in [7, 11) is 0. The van der Waals surface area contributed by atoms with Gasteiger partial charge in [-0.1, -0.05) is 11.6 Å². The second-order valence-electron chi connectivity index (χ2n) is 7.56. The minimum Gasteiger partial charge on any atom is -0.295 e. The van der Waals surface area contributed by atoms with E-state index in [1.807, 2.05) is 25.3 Å². The SMILES string of the molecule is Cc1cc(C2CCC(C(C)n3[nH]c4cc(Cl)ccc4c3=O)CC2)ccn1. The number of H-pyrrole nitrogens is 1. The molecule has 2 heterocycles. The van der Waals surface area contributed by atoms with Crippen LogP contribution in [0.5, 0.6) is 0 Å². The molecular formula is C21H24ClN3O. The van der Waals surface area contributed by atoms with Gasteiger partial charge < -0.3 is 0 Å². The summed E-state index contributed by atoms with van der Waals surface area (Å²) in [6, 6.07) is 9.92. The highest BCUT2D eigenvalue weighted by atomic mass is 35.5. The zero-order chi connectivity index (χ0) is 18.3. The summed E-state index contributed by atoms with van der Waals surface area (Å²) in [4.78, 5) is 17.0. The maximum atomic E-state index is 12.7. The van der Waals surface area contributed by atoms with Gasteiger partial charge in [-0.25, -0.2) is 4.68 Å². The van der Waals surface area contributed by atoms with Crippen molar-refractivity contribution in [1.82, 2.24) is 14.8 Å². The molecule has 3 aromatic rings. The van der Waals surface area contributed by atoms with Crippen molar-refractivity contribution in [2.24, 2.45) is 5.92 Å². The molecule has 1 saturated carbocycles. The molecule has 0 saturated heterocycles. The second kappa shape index (κ2) is 6.92. The van der Waals surface area contributed by atoms with Gasteiger partial charge in [0.25, 0.3) is 5.56 Å². The number of aryl methyl sites for hydroxylation is 1. The first kappa shape index (κ1) is 17.3. The summed E-state index contributed by atoms with van der Waals surface area (Å²) >= 11 is 6.06. The number of fused-ring (bicyclic) bond motifs is 1. The Balaban J connectivity index is 1.51. The number of pyridine rings is 1. The summed E-state index contributed by atoms with van der Waals surface area (Å²) in [5.74, 6) is 1.12. The van der Waals surface area contributed by atoms with Crippen molar-refractivity contribution in [3.63, 3.8) is 0 Å².